The Bertz CT molecular complexity index is 1880. The molecule has 0 saturated heterocycles. The van der Waals surface area contributed by atoms with Crippen molar-refractivity contribution in [2.24, 2.45) is 4.99 Å². The first-order chi connectivity index (χ1) is 22.8. The van der Waals surface area contributed by atoms with Crippen LogP contribution in [0.4, 0.5) is 4.79 Å². The topological polar surface area (TPSA) is 150 Å². The number of carbonyl (C=O) groups is 4. The highest BCUT2D eigenvalue weighted by Gasteiger charge is 2.25. The van der Waals surface area contributed by atoms with Crippen LogP contribution in [0.3, 0.4) is 0 Å². The number of hydrogen-bond donors (Lipinski definition) is 2. The number of halogens is 2. The number of esters is 1. The summed E-state index contributed by atoms with van der Waals surface area (Å²) < 4.78 is 13.0. The summed E-state index contributed by atoms with van der Waals surface area (Å²) in [6, 6.07) is 20.9. The van der Waals surface area contributed by atoms with Crippen LogP contribution in [0.2, 0.25) is 10.0 Å². The van der Waals surface area contributed by atoms with E-state index in [0.29, 0.717) is 10.0 Å². The molecule has 12 nitrogen and oxygen atoms in total. The molecule has 0 fully saturated rings. The Morgan fingerprint density at radius 3 is 2.15 bits per heavy atom. The molecule has 3 amide bonds. The summed E-state index contributed by atoms with van der Waals surface area (Å²) in [5.74, 6) is -2.17. The van der Waals surface area contributed by atoms with Crippen molar-refractivity contribution in [3.63, 3.8) is 0 Å². The van der Waals surface area contributed by atoms with Crippen LogP contribution in [0, 0.1) is 0 Å². The van der Waals surface area contributed by atoms with E-state index in [0.717, 1.165) is 27.2 Å². The highest BCUT2D eigenvalue weighted by molar-refractivity contribution is 7.03. The third-order valence-electron chi connectivity index (χ3n) is 6.45. The summed E-state index contributed by atoms with van der Waals surface area (Å²) in [5.41, 5.74) is 0.387. The smallest absolute Gasteiger partial charge is 0.408 e. The molecule has 0 spiro atoms. The van der Waals surface area contributed by atoms with Crippen LogP contribution in [0.15, 0.2) is 88.6 Å². The molecule has 0 aliphatic rings. The van der Waals surface area contributed by atoms with Crippen LogP contribution >= 0.6 is 34.7 Å². The third-order valence-corrected chi connectivity index (χ3v) is 7.93. The van der Waals surface area contributed by atoms with Crippen LogP contribution in [-0.2, 0) is 38.8 Å². The van der Waals surface area contributed by atoms with Crippen molar-refractivity contribution in [2.75, 3.05) is 6.54 Å². The molecule has 4 rings (SSSR count). The number of carbonyl (C=O) groups excluding carboxylic acids is 4. The lowest BCUT2D eigenvalue weighted by molar-refractivity contribution is -0.147. The zero-order valence-corrected chi connectivity index (χ0v) is 28.6. The summed E-state index contributed by atoms with van der Waals surface area (Å²) in [6.07, 6.45) is -0.667. The van der Waals surface area contributed by atoms with Crippen molar-refractivity contribution in [1.29, 1.82) is 0 Å². The van der Waals surface area contributed by atoms with Gasteiger partial charge < -0.3 is 20.1 Å². The van der Waals surface area contributed by atoms with E-state index in [1.165, 1.54) is 28.2 Å². The monoisotopic (exact) mass is 713 g/mol. The maximum Gasteiger partial charge on any atom is 0.408 e. The molecule has 0 unspecified atom stereocenters. The lowest BCUT2D eigenvalue weighted by atomic mass is 10.1. The SMILES string of the molecule is CC(C)(C)OC(=O)N[C@@H](Cc1ccccc1)C(=O)NCC(=O)OCn1c(=NC(=O)c2ccc(Cl)cc2)sn(Cc2ccc(Cl)cc2)c1=O. The van der Waals surface area contributed by atoms with Crippen LogP contribution in [0.1, 0.15) is 42.3 Å². The van der Waals surface area contributed by atoms with Gasteiger partial charge in [0.25, 0.3) is 5.91 Å². The first kappa shape index (κ1) is 36.1. The van der Waals surface area contributed by atoms with Crippen molar-refractivity contribution in [3.8, 4) is 0 Å². The minimum atomic E-state index is -1.06. The molecule has 0 radical (unpaired) electrons. The highest BCUT2D eigenvalue weighted by atomic mass is 35.5. The van der Waals surface area contributed by atoms with Crippen molar-refractivity contribution in [1.82, 2.24) is 19.2 Å². The van der Waals surface area contributed by atoms with Crippen molar-refractivity contribution in [2.45, 2.75) is 52.1 Å². The predicted molar refractivity (Wildman–Crippen MR) is 181 cm³/mol. The second-order valence-electron chi connectivity index (χ2n) is 11.4. The van der Waals surface area contributed by atoms with Crippen LogP contribution < -0.4 is 21.1 Å². The third kappa shape index (κ3) is 10.9. The zero-order valence-electron chi connectivity index (χ0n) is 26.3. The number of hydrogen-bond acceptors (Lipinski definition) is 8. The van der Waals surface area contributed by atoms with Gasteiger partial charge in [-0.1, -0.05) is 65.7 Å². The molecule has 4 aromatic rings. The molecule has 48 heavy (non-hydrogen) atoms. The molecule has 252 valence electrons. The number of rotatable bonds is 11. The van der Waals surface area contributed by atoms with Gasteiger partial charge in [-0.25, -0.2) is 18.1 Å². The quantitative estimate of drug-likeness (QED) is 0.216. The van der Waals surface area contributed by atoms with E-state index in [9.17, 15) is 24.0 Å². The number of alkyl carbamates (subject to hydrolysis) is 1. The molecule has 0 aliphatic carbocycles. The van der Waals surface area contributed by atoms with Crippen LogP contribution in [-0.4, -0.2) is 50.6 Å². The Morgan fingerprint density at radius 1 is 0.896 bits per heavy atom. The first-order valence-corrected chi connectivity index (χ1v) is 16.2. The molecule has 1 atom stereocenters. The average Bonchev–Trinajstić information content (AvgIpc) is 3.32. The Hall–Kier alpha value is -4.72. The number of amides is 3. The fourth-order valence-electron chi connectivity index (χ4n) is 4.17. The van der Waals surface area contributed by atoms with Gasteiger partial charge in [-0.05, 0) is 79.8 Å². The van der Waals surface area contributed by atoms with Gasteiger partial charge in [0, 0.05) is 22.0 Å². The lowest BCUT2D eigenvalue weighted by Crippen LogP contribution is -2.50. The van der Waals surface area contributed by atoms with Gasteiger partial charge in [0.15, 0.2) is 6.73 Å². The largest absolute Gasteiger partial charge is 0.444 e. The number of nitrogens with one attached hydrogen (secondary N) is 2. The second-order valence-corrected chi connectivity index (χ2v) is 13.3. The Kier molecular flexibility index (Phi) is 12.3. The standard InChI is InChI=1S/C33H33Cl2N5O7S/c1-33(2,3)47-31(44)37-26(17-21-7-5-4-6-8-21)29(43)36-18-27(41)46-20-39-30(38-28(42)23-11-15-25(35)16-12-23)48-40(32(39)45)19-22-9-13-24(34)14-10-22/h4-16,26H,17-20H2,1-3H3,(H,36,43)(H,37,44)/t26-/m0/s1. The molecule has 0 aliphatic heterocycles. The van der Waals surface area contributed by atoms with Gasteiger partial charge in [-0.15, -0.1) is 0 Å². The molecule has 0 saturated carbocycles. The summed E-state index contributed by atoms with van der Waals surface area (Å²) in [5, 5.41) is 5.98. The maximum absolute atomic E-state index is 13.4. The van der Waals surface area contributed by atoms with Crippen molar-refractivity contribution in [3.05, 3.63) is 121 Å². The number of ether oxygens (including phenoxy) is 2. The number of aromatic nitrogens is 2. The van der Waals surface area contributed by atoms with Crippen LogP contribution in [0.5, 0.6) is 0 Å². The molecule has 15 heteroatoms. The van der Waals surface area contributed by atoms with Gasteiger partial charge in [-0.2, -0.15) is 4.99 Å². The fraction of sp³-hybridized carbons (Fsp3) is 0.273. The summed E-state index contributed by atoms with van der Waals surface area (Å²) in [6.45, 7) is 4.06. The minimum absolute atomic E-state index is 0.0183. The van der Waals surface area contributed by atoms with Gasteiger partial charge in [-0.3, -0.25) is 14.4 Å². The Balaban J connectivity index is 1.48. The molecule has 1 heterocycles. The molecule has 2 N–H and O–H groups in total. The van der Waals surface area contributed by atoms with Gasteiger partial charge in [0.05, 0.1) is 6.54 Å². The zero-order chi connectivity index (χ0) is 34.8. The summed E-state index contributed by atoms with van der Waals surface area (Å²) in [4.78, 5) is 68.7. The maximum atomic E-state index is 13.4. The normalized spacial score (nSPS) is 12.2. The molecular formula is C33H33Cl2N5O7S. The second kappa shape index (κ2) is 16.4. The molecular weight excluding hydrogens is 681 g/mol. The van der Waals surface area contributed by atoms with Crippen molar-refractivity contribution >= 4 is 58.6 Å². The van der Waals surface area contributed by atoms with Gasteiger partial charge >= 0.3 is 17.8 Å². The highest BCUT2D eigenvalue weighted by Crippen LogP contribution is 2.12. The van der Waals surface area contributed by atoms with Gasteiger partial charge in [0.1, 0.15) is 18.2 Å². The van der Waals surface area contributed by atoms with E-state index < -0.39 is 54.5 Å². The van der Waals surface area contributed by atoms with Crippen molar-refractivity contribution < 1.29 is 28.7 Å². The van der Waals surface area contributed by atoms with E-state index in [1.54, 1.807) is 69.3 Å². The Labute approximate surface area is 290 Å². The number of benzene rings is 3. The van der Waals surface area contributed by atoms with E-state index in [2.05, 4.69) is 15.6 Å². The Morgan fingerprint density at radius 2 is 1.52 bits per heavy atom. The van der Waals surface area contributed by atoms with E-state index in [4.69, 9.17) is 32.7 Å². The number of nitrogens with zero attached hydrogens (tertiary/aromatic N) is 3. The fourth-order valence-corrected chi connectivity index (χ4v) is 5.37. The van der Waals surface area contributed by atoms with Crippen LogP contribution in [0.25, 0.3) is 0 Å². The average molecular weight is 715 g/mol. The molecule has 0 bridgehead atoms. The molecule has 1 aromatic heterocycles. The first-order valence-electron chi connectivity index (χ1n) is 14.6. The van der Waals surface area contributed by atoms with Gasteiger partial charge in [0.2, 0.25) is 10.7 Å². The van der Waals surface area contributed by atoms with E-state index in [-0.39, 0.29) is 23.3 Å². The predicted octanol–water partition coefficient (Wildman–Crippen LogP) is 4.56. The molecule has 3 aromatic carbocycles. The summed E-state index contributed by atoms with van der Waals surface area (Å²) >= 11 is 12.8. The lowest BCUT2D eigenvalue weighted by Gasteiger charge is -2.23. The minimum Gasteiger partial charge on any atom is -0.444 e. The summed E-state index contributed by atoms with van der Waals surface area (Å²) in [7, 11) is 0. The van der Waals surface area contributed by atoms with E-state index in [1.807, 2.05) is 6.07 Å². The van der Waals surface area contributed by atoms with E-state index >= 15 is 0 Å².